The number of nitrogens with one attached hydrogen (secondary N) is 1. The van der Waals surface area contributed by atoms with Crippen LogP contribution in [0.3, 0.4) is 0 Å². The van der Waals surface area contributed by atoms with Crippen molar-refractivity contribution < 1.29 is 23.1 Å². The van der Waals surface area contributed by atoms with Gasteiger partial charge in [0, 0.05) is 17.6 Å². The first-order chi connectivity index (χ1) is 15.8. The van der Waals surface area contributed by atoms with E-state index in [1.165, 1.54) is 10.9 Å². The number of hydrogen-bond donors (Lipinski definition) is 2. The van der Waals surface area contributed by atoms with Crippen LogP contribution in [-0.2, 0) is 18.2 Å². The minimum Gasteiger partial charge on any atom is -0.411 e. The molecule has 0 spiro atoms. The van der Waals surface area contributed by atoms with Crippen LogP contribution in [0.1, 0.15) is 18.4 Å². The molecule has 1 aromatic carbocycles. The van der Waals surface area contributed by atoms with E-state index in [4.69, 9.17) is 0 Å². The van der Waals surface area contributed by atoms with Crippen LogP contribution in [0.25, 0.3) is 11.4 Å². The van der Waals surface area contributed by atoms with Crippen LogP contribution in [-0.4, -0.2) is 50.6 Å². The molecule has 1 saturated heterocycles. The fourth-order valence-electron chi connectivity index (χ4n) is 4.56. The van der Waals surface area contributed by atoms with Crippen molar-refractivity contribution >= 4 is 5.71 Å². The van der Waals surface area contributed by atoms with Crippen molar-refractivity contribution in [3.63, 3.8) is 0 Å². The monoisotopic (exact) mass is 462 g/mol. The van der Waals surface area contributed by atoms with Crippen LogP contribution < -0.4 is 5.32 Å². The third-order valence-electron chi connectivity index (χ3n) is 6.09. The van der Waals surface area contributed by atoms with Gasteiger partial charge in [-0.1, -0.05) is 35.5 Å². The highest BCUT2D eigenvalue weighted by Gasteiger charge is 2.36. The van der Waals surface area contributed by atoms with E-state index in [1.54, 1.807) is 13.1 Å². The van der Waals surface area contributed by atoms with Crippen molar-refractivity contribution in [3.05, 3.63) is 53.8 Å². The van der Waals surface area contributed by atoms with Crippen molar-refractivity contribution in [3.8, 4) is 11.4 Å². The number of rotatable bonds is 6. The fourth-order valence-corrected chi connectivity index (χ4v) is 4.56. The summed E-state index contributed by atoms with van der Waals surface area (Å²) >= 11 is 0. The number of tetrazole rings is 1. The molecule has 2 unspecified atom stereocenters. The number of oxime groups is 1. The maximum atomic E-state index is 12.6. The van der Waals surface area contributed by atoms with Crippen molar-refractivity contribution in [1.82, 2.24) is 25.5 Å². The van der Waals surface area contributed by atoms with Gasteiger partial charge in [-0.2, -0.15) is 4.80 Å². The number of benzene rings is 1. The molecule has 11 heteroatoms. The van der Waals surface area contributed by atoms with Crippen LogP contribution in [0.5, 0.6) is 0 Å². The highest BCUT2D eigenvalue weighted by Crippen LogP contribution is 2.36. The number of nitrogens with zero attached hydrogens (tertiary/aromatic N) is 5. The quantitative estimate of drug-likeness (QED) is 0.504. The van der Waals surface area contributed by atoms with Gasteiger partial charge >= 0.3 is 6.36 Å². The third-order valence-corrected chi connectivity index (χ3v) is 6.09. The van der Waals surface area contributed by atoms with Gasteiger partial charge in [0.05, 0.1) is 12.8 Å². The second kappa shape index (κ2) is 9.74. The summed E-state index contributed by atoms with van der Waals surface area (Å²) in [4.78, 5) is 1.39. The van der Waals surface area contributed by atoms with E-state index in [1.807, 2.05) is 24.3 Å². The topological polar surface area (TPSA) is 97.5 Å². The highest BCUT2D eigenvalue weighted by atomic mass is 19.4. The Bertz CT molecular complexity index is 1040. The number of halogens is 3. The van der Waals surface area contributed by atoms with Crippen molar-refractivity contribution in [2.24, 2.45) is 30.0 Å². The normalized spacial score (nSPS) is 21.8. The van der Waals surface area contributed by atoms with Gasteiger partial charge in [-0.3, -0.25) is 0 Å². The second-order valence-electron chi connectivity index (χ2n) is 8.26. The molecule has 4 rings (SSSR count). The number of hydrogen-bond acceptors (Lipinski definition) is 7. The van der Waals surface area contributed by atoms with Gasteiger partial charge in [0.2, 0.25) is 5.82 Å². The molecule has 2 atom stereocenters. The van der Waals surface area contributed by atoms with Crippen molar-refractivity contribution in [1.29, 1.82) is 0 Å². The molecule has 1 aliphatic heterocycles. The predicted octanol–water partition coefficient (Wildman–Crippen LogP) is 3.47. The number of ether oxygens (including phenoxy) is 1. The Kier molecular flexibility index (Phi) is 6.77. The number of piperidine rings is 1. The van der Waals surface area contributed by atoms with Crippen molar-refractivity contribution in [2.75, 3.05) is 13.1 Å². The summed E-state index contributed by atoms with van der Waals surface area (Å²) in [5, 5.41) is 28.3. The molecule has 0 bridgehead atoms. The molecule has 1 aliphatic carbocycles. The van der Waals surface area contributed by atoms with E-state index in [-0.39, 0.29) is 17.5 Å². The minimum atomic E-state index is -4.81. The Morgan fingerprint density at radius 1 is 1.24 bits per heavy atom. The van der Waals surface area contributed by atoms with E-state index in [2.05, 4.69) is 30.6 Å². The molecule has 2 aliphatic rings. The summed E-state index contributed by atoms with van der Waals surface area (Å²) in [6.45, 7) is 1.75. The van der Waals surface area contributed by atoms with Crippen LogP contribution in [0.2, 0.25) is 0 Å². The number of alkyl halides is 3. The van der Waals surface area contributed by atoms with Crippen LogP contribution in [0, 0.1) is 17.8 Å². The molecular formula is C22H25F3N6O2. The number of aromatic nitrogens is 4. The minimum absolute atomic E-state index is 0.0402. The molecule has 2 aromatic rings. The first kappa shape index (κ1) is 23.0. The Labute approximate surface area is 188 Å². The van der Waals surface area contributed by atoms with E-state index >= 15 is 0 Å². The molecule has 2 heterocycles. The van der Waals surface area contributed by atoms with Crippen LogP contribution >= 0.6 is 0 Å². The summed E-state index contributed by atoms with van der Waals surface area (Å²) in [6, 6.07) is 7.85. The first-order valence-corrected chi connectivity index (χ1v) is 10.7. The maximum Gasteiger partial charge on any atom is 0.573 e. The summed E-state index contributed by atoms with van der Waals surface area (Å²) in [5.74, 6) is 0.165. The van der Waals surface area contributed by atoms with Gasteiger partial charge in [-0.25, -0.2) is 0 Å². The average Bonchev–Trinajstić information content (AvgIpc) is 3.24. The lowest BCUT2D eigenvalue weighted by Gasteiger charge is -2.36. The Hall–Kier alpha value is -3.21. The van der Waals surface area contributed by atoms with Gasteiger partial charge in [0.15, 0.2) is 0 Å². The zero-order chi connectivity index (χ0) is 23.4. The average molecular weight is 462 g/mol. The molecule has 176 valence electrons. The van der Waals surface area contributed by atoms with Crippen LogP contribution in [0.15, 0.2) is 53.4 Å². The molecule has 8 nitrogen and oxygen atoms in total. The smallest absolute Gasteiger partial charge is 0.411 e. The van der Waals surface area contributed by atoms with Gasteiger partial charge in [-0.15, -0.1) is 23.4 Å². The Morgan fingerprint density at radius 3 is 2.58 bits per heavy atom. The summed E-state index contributed by atoms with van der Waals surface area (Å²) < 4.78 is 41.9. The summed E-state index contributed by atoms with van der Waals surface area (Å²) in [6.07, 6.45) is 1.86. The van der Waals surface area contributed by atoms with Gasteiger partial charge in [0.1, 0.15) is 5.76 Å². The first-order valence-electron chi connectivity index (χ1n) is 10.7. The second-order valence-corrected chi connectivity index (χ2v) is 8.26. The van der Waals surface area contributed by atoms with Gasteiger partial charge in [-0.05, 0) is 61.0 Å². The number of allylic oxidation sites excluding steroid dienone is 3. The van der Waals surface area contributed by atoms with Crippen LogP contribution in [0.4, 0.5) is 13.2 Å². The lowest BCUT2D eigenvalue weighted by Crippen LogP contribution is -2.37. The SMILES string of the molecule is Cn1nnc(-c2ccc(CC(C3CCNCC3)C3C=CC(OC(F)(F)F)=CC3=NO)cc2)n1. The van der Waals surface area contributed by atoms with E-state index in [0.29, 0.717) is 18.2 Å². The molecular weight excluding hydrogens is 437 g/mol. The molecule has 0 saturated carbocycles. The standard InChI is InChI=1S/C22H25F3N6O2/c1-31-28-21(27-30-31)16-4-2-14(3-5-16)12-19(15-8-10-26-11-9-15)18-7-6-17(13-20(18)29-32)33-22(23,24)25/h2-7,13,15,18-19,26,32H,8-12H2,1H3. The summed E-state index contributed by atoms with van der Waals surface area (Å²) in [5.41, 5.74) is 2.08. The molecule has 0 amide bonds. The van der Waals surface area contributed by atoms with Gasteiger partial charge < -0.3 is 15.3 Å². The molecule has 0 radical (unpaired) electrons. The van der Waals surface area contributed by atoms with E-state index < -0.39 is 12.1 Å². The molecule has 2 N–H and O–H groups in total. The van der Waals surface area contributed by atoms with Gasteiger partial charge in [0.25, 0.3) is 0 Å². The molecule has 1 fully saturated rings. The van der Waals surface area contributed by atoms with Crippen molar-refractivity contribution in [2.45, 2.75) is 25.6 Å². The molecule has 1 aromatic heterocycles. The Morgan fingerprint density at radius 2 is 1.97 bits per heavy atom. The zero-order valence-electron chi connectivity index (χ0n) is 18.0. The van der Waals surface area contributed by atoms with E-state index in [9.17, 15) is 18.4 Å². The zero-order valence-corrected chi connectivity index (χ0v) is 18.0. The third kappa shape index (κ3) is 5.78. The Balaban J connectivity index is 1.56. The molecule has 33 heavy (non-hydrogen) atoms. The lowest BCUT2D eigenvalue weighted by molar-refractivity contribution is -0.303. The predicted molar refractivity (Wildman–Crippen MR) is 114 cm³/mol. The maximum absolute atomic E-state index is 12.6. The van der Waals surface area contributed by atoms with E-state index in [0.717, 1.165) is 43.1 Å². The summed E-state index contributed by atoms with van der Waals surface area (Å²) in [7, 11) is 1.70. The fraction of sp³-hybridized carbons (Fsp3) is 0.455. The largest absolute Gasteiger partial charge is 0.573 e. The number of aryl methyl sites for hydroxylation is 1. The lowest BCUT2D eigenvalue weighted by atomic mass is 9.71. The highest BCUT2D eigenvalue weighted by molar-refractivity contribution is 5.99.